The molecule has 0 aliphatic carbocycles. The lowest BCUT2D eigenvalue weighted by molar-refractivity contribution is -0.177. The van der Waals surface area contributed by atoms with Crippen molar-refractivity contribution in [3.05, 3.63) is 0 Å². The molecule has 2 N–H and O–H groups in total. The summed E-state index contributed by atoms with van der Waals surface area (Å²) in [4.78, 5) is 22.0. The lowest BCUT2D eigenvalue weighted by atomic mass is 9.97. The van der Waals surface area contributed by atoms with Gasteiger partial charge < -0.3 is 15.2 Å². The molecule has 0 radical (unpaired) electrons. The monoisotopic (exact) mass is 217 g/mol. The molecule has 15 heavy (non-hydrogen) atoms. The van der Waals surface area contributed by atoms with Crippen LogP contribution in [0.15, 0.2) is 0 Å². The molecule has 1 amide bonds. The SMILES string of the molecule is CCCC(OC(N)=O)OC(=O)C(C)(C)C. The topological polar surface area (TPSA) is 78.6 Å². The van der Waals surface area contributed by atoms with Crippen LogP contribution >= 0.6 is 0 Å². The largest absolute Gasteiger partial charge is 0.425 e. The second kappa shape index (κ2) is 5.58. The van der Waals surface area contributed by atoms with E-state index in [9.17, 15) is 9.59 Å². The average Bonchev–Trinajstić information content (AvgIpc) is 2.01. The number of esters is 1. The number of carbonyl (C=O) groups is 2. The lowest BCUT2D eigenvalue weighted by Gasteiger charge is -2.22. The zero-order valence-electron chi connectivity index (χ0n) is 9.70. The normalized spacial score (nSPS) is 13.1. The Kier molecular flexibility index (Phi) is 5.11. The Labute approximate surface area is 89.9 Å². The quantitative estimate of drug-likeness (QED) is 0.575. The first-order valence-electron chi connectivity index (χ1n) is 4.94. The fourth-order valence-corrected chi connectivity index (χ4v) is 0.803. The van der Waals surface area contributed by atoms with Gasteiger partial charge in [0.2, 0.25) is 6.29 Å². The van der Waals surface area contributed by atoms with Crippen LogP contribution in [-0.2, 0) is 14.3 Å². The number of carbonyl (C=O) groups excluding carboxylic acids is 2. The Morgan fingerprint density at radius 3 is 2.13 bits per heavy atom. The van der Waals surface area contributed by atoms with E-state index in [0.29, 0.717) is 6.42 Å². The van der Waals surface area contributed by atoms with Gasteiger partial charge in [-0.1, -0.05) is 6.92 Å². The molecule has 0 saturated heterocycles. The first-order valence-corrected chi connectivity index (χ1v) is 4.94. The van der Waals surface area contributed by atoms with Gasteiger partial charge in [-0.15, -0.1) is 0 Å². The van der Waals surface area contributed by atoms with Crippen LogP contribution in [-0.4, -0.2) is 18.4 Å². The van der Waals surface area contributed by atoms with Gasteiger partial charge in [-0.05, 0) is 27.2 Å². The van der Waals surface area contributed by atoms with E-state index < -0.39 is 23.8 Å². The summed E-state index contributed by atoms with van der Waals surface area (Å²) in [5.74, 6) is -0.415. The molecule has 0 aliphatic heterocycles. The molecule has 88 valence electrons. The predicted octanol–water partition coefficient (Wildman–Crippen LogP) is 1.80. The molecule has 0 aromatic rings. The molecule has 1 unspecified atom stereocenters. The number of hydrogen-bond donors (Lipinski definition) is 1. The Bertz CT molecular complexity index is 232. The molecule has 0 heterocycles. The third kappa shape index (κ3) is 5.93. The molecule has 5 heteroatoms. The Morgan fingerprint density at radius 2 is 1.80 bits per heavy atom. The minimum absolute atomic E-state index is 0.415. The molecule has 0 aromatic heterocycles. The van der Waals surface area contributed by atoms with Crippen LogP contribution in [0.1, 0.15) is 40.5 Å². The summed E-state index contributed by atoms with van der Waals surface area (Å²) in [7, 11) is 0. The van der Waals surface area contributed by atoms with Gasteiger partial charge in [0.15, 0.2) is 0 Å². The van der Waals surface area contributed by atoms with E-state index >= 15 is 0 Å². The molecule has 0 bridgehead atoms. The standard InChI is InChI=1S/C10H19NO4/c1-5-6-7(15-9(11)13)14-8(12)10(2,3)4/h7H,5-6H2,1-4H3,(H2,11,13). The third-order valence-electron chi connectivity index (χ3n) is 1.62. The fraction of sp³-hybridized carbons (Fsp3) is 0.800. The van der Waals surface area contributed by atoms with E-state index in [1.54, 1.807) is 20.8 Å². The van der Waals surface area contributed by atoms with Gasteiger partial charge in [0, 0.05) is 6.42 Å². The van der Waals surface area contributed by atoms with Crippen molar-refractivity contribution in [2.75, 3.05) is 0 Å². The smallest absolute Gasteiger partial charge is 0.407 e. The van der Waals surface area contributed by atoms with Gasteiger partial charge in [0.25, 0.3) is 0 Å². The first kappa shape index (κ1) is 13.7. The van der Waals surface area contributed by atoms with Crippen molar-refractivity contribution in [2.45, 2.75) is 46.8 Å². The highest BCUT2D eigenvalue weighted by Crippen LogP contribution is 2.18. The van der Waals surface area contributed by atoms with Crippen LogP contribution in [0.25, 0.3) is 0 Å². The van der Waals surface area contributed by atoms with E-state index in [-0.39, 0.29) is 0 Å². The van der Waals surface area contributed by atoms with Crippen LogP contribution in [0.5, 0.6) is 0 Å². The fourth-order valence-electron chi connectivity index (χ4n) is 0.803. The summed E-state index contributed by atoms with van der Waals surface area (Å²) in [6, 6.07) is 0. The molecular weight excluding hydrogens is 198 g/mol. The molecule has 0 saturated carbocycles. The third-order valence-corrected chi connectivity index (χ3v) is 1.62. The Balaban J connectivity index is 4.28. The Hall–Kier alpha value is -1.26. The van der Waals surface area contributed by atoms with Crippen LogP contribution < -0.4 is 5.73 Å². The van der Waals surface area contributed by atoms with E-state index in [1.807, 2.05) is 6.92 Å². The summed E-state index contributed by atoms with van der Waals surface area (Å²) >= 11 is 0. The number of amides is 1. The summed E-state index contributed by atoms with van der Waals surface area (Å²) in [5, 5.41) is 0. The zero-order valence-corrected chi connectivity index (χ0v) is 9.70. The first-order chi connectivity index (χ1) is 6.77. The van der Waals surface area contributed by atoms with E-state index in [1.165, 1.54) is 0 Å². The van der Waals surface area contributed by atoms with Gasteiger partial charge in [0.05, 0.1) is 5.41 Å². The molecule has 0 aromatic carbocycles. The van der Waals surface area contributed by atoms with Crippen molar-refractivity contribution in [3.63, 3.8) is 0 Å². The molecule has 0 fully saturated rings. The summed E-state index contributed by atoms with van der Waals surface area (Å²) in [6.45, 7) is 7.07. The average molecular weight is 217 g/mol. The number of hydrogen-bond acceptors (Lipinski definition) is 4. The number of ether oxygens (including phenoxy) is 2. The van der Waals surface area contributed by atoms with E-state index in [0.717, 1.165) is 6.42 Å². The molecular formula is C10H19NO4. The lowest BCUT2D eigenvalue weighted by Crippen LogP contribution is -2.32. The minimum atomic E-state index is -0.935. The minimum Gasteiger partial charge on any atom is -0.425 e. The summed E-state index contributed by atoms with van der Waals surface area (Å²) in [5.41, 5.74) is 4.24. The van der Waals surface area contributed by atoms with Crippen LogP contribution in [0.3, 0.4) is 0 Å². The van der Waals surface area contributed by atoms with Crippen LogP contribution in [0, 0.1) is 5.41 Å². The predicted molar refractivity (Wildman–Crippen MR) is 54.9 cm³/mol. The summed E-state index contributed by atoms with van der Waals surface area (Å²) in [6.07, 6.45) is -0.630. The van der Waals surface area contributed by atoms with Crippen molar-refractivity contribution in [2.24, 2.45) is 11.1 Å². The van der Waals surface area contributed by atoms with Gasteiger partial charge in [-0.25, -0.2) is 4.79 Å². The molecule has 1 atom stereocenters. The number of rotatable bonds is 4. The van der Waals surface area contributed by atoms with E-state index in [2.05, 4.69) is 4.74 Å². The van der Waals surface area contributed by atoms with Crippen molar-refractivity contribution in [3.8, 4) is 0 Å². The molecule has 5 nitrogen and oxygen atoms in total. The van der Waals surface area contributed by atoms with Crippen molar-refractivity contribution in [1.29, 1.82) is 0 Å². The van der Waals surface area contributed by atoms with Crippen molar-refractivity contribution < 1.29 is 19.1 Å². The molecule has 0 aliphatic rings. The van der Waals surface area contributed by atoms with Gasteiger partial charge in [-0.2, -0.15) is 0 Å². The highest BCUT2D eigenvalue weighted by molar-refractivity contribution is 5.75. The highest BCUT2D eigenvalue weighted by Gasteiger charge is 2.27. The second-order valence-electron chi connectivity index (χ2n) is 4.31. The maximum absolute atomic E-state index is 11.5. The van der Waals surface area contributed by atoms with Gasteiger partial charge in [-0.3, -0.25) is 4.79 Å². The molecule has 0 spiro atoms. The van der Waals surface area contributed by atoms with Gasteiger partial charge >= 0.3 is 12.1 Å². The second-order valence-corrected chi connectivity index (χ2v) is 4.31. The van der Waals surface area contributed by atoms with Gasteiger partial charge in [0.1, 0.15) is 0 Å². The summed E-state index contributed by atoms with van der Waals surface area (Å²) < 4.78 is 9.66. The highest BCUT2D eigenvalue weighted by atomic mass is 16.7. The van der Waals surface area contributed by atoms with E-state index in [4.69, 9.17) is 10.5 Å². The van der Waals surface area contributed by atoms with Crippen molar-refractivity contribution >= 4 is 12.1 Å². The Morgan fingerprint density at radius 1 is 1.27 bits per heavy atom. The molecule has 0 rings (SSSR count). The maximum Gasteiger partial charge on any atom is 0.407 e. The number of nitrogens with two attached hydrogens (primary N) is 1. The maximum atomic E-state index is 11.5. The van der Waals surface area contributed by atoms with Crippen molar-refractivity contribution in [1.82, 2.24) is 0 Å². The zero-order chi connectivity index (χ0) is 12.1. The van der Waals surface area contributed by atoms with Crippen LogP contribution in [0.4, 0.5) is 4.79 Å². The van der Waals surface area contributed by atoms with Crippen LogP contribution in [0.2, 0.25) is 0 Å². The number of primary amides is 1.